The van der Waals surface area contributed by atoms with Crippen LogP contribution < -0.4 is 5.32 Å². The first-order valence-electron chi connectivity index (χ1n) is 8.24. The third-order valence-electron chi connectivity index (χ3n) is 4.43. The normalized spacial score (nSPS) is 30.5. The first-order valence-corrected chi connectivity index (χ1v) is 8.24. The van der Waals surface area contributed by atoms with Crippen molar-refractivity contribution in [1.82, 2.24) is 10.2 Å². The van der Waals surface area contributed by atoms with Gasteiger partial charge in [0.25, 0.3) is 0 Å². The molecule has 1 aliphatic carbocycles. The lowest BCUT2D eigenvalue weighted by Gasteiger charge is -2.33. The monoisotopic (exact) mass is 298 g/mol. The summed E-state index contributed by atoms with van der Waals surface area (Å²) in [5.41, 5.74) is -0.437. The molecule has 0 unspecified atom stereocenters. The van der Waals surface area contributed by atoms with E-state index in [1.165, 1.54) is 12.8 Å². The number of nitrogens with zero attached hydrogens (tertiary/aromatic N) is 1. The lowest BCUT2D eigenvalue weighted by molar-refractivity contribution is 0.0288. The molecule has 0 spiro atoms. The van der Waals surface area contributed by atoms with Gasteiger partial charge in [0.05, 0.1) is 0 Å². The molecule has 2 aliphatic rings. The number of hydrogen-bond donors (Lipinski definition) is 2. The van der Waals surface area contributed by atoms with Crippen molar-refractivity contribution < 1.29 is 14.6 Å². The molecule has 2 rings (SSSR count). The van der Waals surface area contributed by atoms with Crippen LogP contribution in [0.1, 0.15) is 52.9 Å². The molecule has 21 heavy (non-hydrogen) atoms. The minimum absolute atomic E-state index is 0.214. The smallest absolute Gasteiger partial charge is 0.410 e. The second-order valence-electron chi connectivity index (χ2n) is 7.41. The van der Waals surface area contributed by atoms with Gasteiger partial charge in [-0.2, -0.15) is 0 Å². The summed E-state index contributed by atoms with van der Waals surface area (Å²) in [6.07, 6.45) is 5.45. The first kappa shape index (κ1) is 16.6. The SMILES string of the molecule is CC(C)(C)OC(=O)N1CC[C@H](N[C@H]2CCCC[C@@H]2CO)C1. The van der Waals surface area contributed by atoms with E-state index in [1.807, 2.05) is 20.8 Å². The van der Waals surface area contributed by atoms with E-state index in [2.05, 4.69) is 5.32 Å². The molecule has 3 atom stereocenters. The van der Waals surface area contributed by atoms with E-state index < -0.39 is 5.60 Å². The van der Waals surface area contributed by atoms with Crippen molar-refractivity contribution in [2.45, 2.75) is 70.6 Å². The maximum atomic E-state index is 12.1. The topological polar surface area (TPSA) is 61.8 Å². The zero-order chi connectivity index (χ0) is 15.5. The van der Waals surface area contributed by atoms with E-state index in [9.17, 15) is 9.90 Å². The Bertz CT molecular complexity index is 354. The van der Waals surface area contributed by atoms with Gasteiger partial charge in [-0.25, -0.2) is 4.79 Å². The van der Waals surface area contributed by atoms with E-state index in [0.717, 1.165) is 25.8 Å². The molecule has 0 aromatic carbocycles. The van der Waals surface area contributed by atoms with Gasteiger partial charge in [0.1, 0.15) is 5.60 Å². The Kier molecular flexibility index (Phi) is 5.49. The molecule has 1 amide bonds. The van der Waals surface area contributed by atoms with Crippen molar-refractivity contribution in [2.75, 3.05) is 19.7 Å². The van der Waals surface area contributed by atoms with Crippen LogP contribution in [0.25, 0.3) is 0 Å². The summed E-state index contributed by atoms with van der Waals surface area (Å²) in [5, 5.41) is 13.1. The van der Waals surface area contributed by atoms with E-state index in [-0.39, 0.29) is 12.7 Å². The van der Waals surface area contributed by atoms with Crippen molar-refractivity contribution in [3.63, 3.8) is 0 Å². The minimum Gasteiger partial charge on any atom is -0.444 e. The fourth-order valence-electron chi connectivity index (χ4n) is 3.34. The predicted octanol–water partition coefficient (Wildman–Crippen LogP) is 2.14. The number of carbonyl (C=O) groups excluding carboxylic acids is 1. The molecule has 1 aliphatic heterocycles. The van der Waals surface area contributed by atoms with E-state index in [0.29, 0.717) is 24.5 Å². The molecule has 0 bridgehead atoms. The number of ether oxygens (including phenoxy) is 1. The molecule has 2 N–H and O–H groups in total. The fraction of sp³-hybridized carbons (Fsp3) is 0.938. The summed E-state index contributed by atoms with van der Waals surface area (Å²) in [6, 6.07) is 0.724. The number of amides is 1. The summed E-state index contributed by atoms with van der Waals surface area (Å²) in [7, 11) is 0. The van der Waals surface area contributed by atoms with Crippen LogP contribution in [0, 0.1) is 5.92 Å². The van der Waals surface area contributed by atoms with E-state index in [4.69, 9.17) is 4.74 Å². The van der Waals surface area contributed by atoms with Crippen LogP contribution in [0.5, 0.6) is 0 Å². The quantitative estimate of drug-likeness (QED) is 0.838. The number of aliphatic hydroxyl groups excluding tert-OH is 1. The second-order valence-corrected chi connectivity index (χ2v) is 7.41. The maximum Gasteiger partial charge on any atom is 0.410 e. The maximum absolute atomic E-state index is 12.1. The van der Waals surface area contributed by atoms with Gasteiger partial charge in [-0.1, -0.05) is 12.8 Å². The van der Waals surface area contributed by atoms with Crippen LogP contribution in [0.15, 0.2) is 0 Å². The zero-order valence-corrected chi connectivity index (χ0v) is 13.6. The van der Waals surface area contributed by atoms with Crippen molar-refractivity contribution >= 4 is 6.09 Å². The van der Waals surface area contributed by atoms with Gasteiger partial charge >= 0.3 is 6.09 Å². The van der Waals surface area contributed by atoms with E-state index >= 15 is 0 Å². The number of aliphatic hydroxyl groups is 1. The lowest BCUT2D eigenvalue weighted by Crippen LogP contribution is -2.47. The number of nitrogens with one attached hydrogen (secondary N) is 1. The van der Waals surface area contributed by atoms with Crippen LogP contribution >= 0.6 is 0 Å². The predicted molar refractivity (Wildman–Crippen MR) is 82.2 cm³/mol. The highest BCUT2D eigenvalue weighted by molar-refractivity contribution is 5.68. The summed E-state index contributed by atoms with van der Waals surface area (Å²) in [6.45, 7) is 7.41. The van der Waals surface area contributed by atoms with Crippen molar-refractivity contribution in [3.8, 4) is 0 Å². The van der Waals surface area contributed by atoms with Gasteiger partial charge in [0.2, 0.25) is 0 Å². The average molecular weight is 298 g/mol. The molecule has 5 nitrogen and oxygen atoms in total. The Labute approximate surface area is 128 Å². The molecule has 1 saturated carbocycles. The highest BCUT2D eigenvalue weighted by Crippen LogP contribution is 2.25. The molecule has 0 radical (unpaired) electrons. The van der Waals surface area contributed by atoms with E-state index in [1.54, 1.807) is 4.90 Å². The Morgan fingerprint density at radius 3 is 2.67 bits per heavy atom. The lowest BCUT2D eigenvalue weighted by atomic mass is 9.84. The van der Waals surface area contributed by atoms with Crippen LogP contribution in [0.3, 0.4) is 0 Å². The minimum atomic E-state index is -0.437. The third-order valence-corrected chi connectivity index (χ3v) is 4.43. The van der Waals surface area contributed by atoms with Gasteiger partial charge < -0.3 is 20.1 Å². The van der Waals surface area contributed by atoms with Crippen molar-refractivity contribution in [3.05, 3.63) is 0 Å². The number of hydrogen-bond acceptors (Lipinski definition) is 4. The fourth-order valence-corrected chi connectivity index (χ4v) is 3.34. The summed E-state index contributed by atoms with van der Waals surface area (Å²) in [5.74, 6) is 0.370. The largest absolute Gasteiger partial charge is 0.444 e. The Morgan fingerprint density at radius 2 is 2.00 bits per heavy atom. The second kappa shape index (κ2) is 6.97. The molecular weight excluding hydrogens is 268 g/mol. The Hall–Kier alpha value is -0.810. The highest BCUT2D eigenvalue weighted by atomic mass is 16.6. The molecular formula is C16H30N2O3. The van der Waals surface area contributed by atoms with Crippen LogP contribution in [-0.4, -0.2) is 53.5 Å². The molecule has 2 fully saturated rings. The van der Waals surface area contributed by atoms with Gasteiger partial charge in [-0.15, -0.1) is 0 Å². The molecule has 5 heteroatoms. The zero-order valence-electron chi connectivity index (χ0n) is 13.6. The molecule has 122 valence electrons. The van der Waals surface area contributed by atoms with Crippen LogP contribution in [-0.2, 0) is 4.74 Å². The number of likely N-dealkylation sites (tertiary alicyclic amines) is 1. The molecule has 0 aromatic rings. The first-order chi connectivity index (χ1) is 9.89. The molecule has 0 aromatic heterocycles. The van der Waals surface area contributed by atoms with Crippen molar-refractivity contribution in [1.29, 1.82) is 0 Å². The molecule has 1 saturated heterocycles. The Morgan fingerprint density at radius 1 is 1.29 bits per heavy atom. The van der Waals surface area contributed by atoms with Crippen LogP contribution in [0.2, 0.25) is 0 Å². The number of rotatable bonds is 3. The standard InChI is InChI=1S/C16H30N2O3/c1-16(2,3)21-15(20)18-9-8-13(10-18)17-14-7-5-4-6-12(14)11-19/h12-14,17,19H,4-11H2,1-3H3/t12-,13+,14+/m1/s1. The van der Waals surface area contributed by atoms with Gasteiger partial charge in [-0.05, 0) is 46.0 Å². The van der Waals surface area contributed by atoms with Gasteiger partial charge in [0, 0.05) is 31.8 Å². The third kappa shape index (κ3) is 4.85. The van der Waals surface area contributed by atoms with Crippen LogP contribution in [0.4, 0.5) is 4.79 Å². The highest BCUT2D eigenvalue weighted by Gasteiger charge is 2.33. The summed E-state index contributed by atoms with van der Waals surface area (Å²) < 4.78 is 5.42. The average Bonchev–Trinajstić information content (AvgIpc) is 2.86. The summed E-state index contributed by atoms with van der Waals surface area (Å²) >= 11 is 0. The number of carbonyl (C=O) groups is 1. The Balaban J connectivity index is 1.80. The summed E-state index contributed by atoms with van der Waals surface area (Å²) in [4.78, 5) is 13.8. The molecule has 1 heterocycles. The van der Waals surface area contributed by atoms with Crippen molar-refractivity contribution in [2.24, 2.45) is 5.92 Å². The van der Waals surface area contributed by atoms with Gasteiger partial charge in [-0.3, -0.25) is 0 Å². The van der Waals surface area contributed by atoms with Gasteiger partial charge in [0.15, 0.2) is 0 Å².